The summed E-state index contributed by atoms with van der Waals surface area (Å²) in [5.74, 6) is 1.10. The average Bonchev–Trinajstić information content (AvgIpc) is 3.34. The lowest BCUT2D eigenvalue weighted by Crippen LogP contribution is -2.42. The Morgan fingerprint density at radius 3 is 2.71 bits per heavy atom. The van der Waals surface area contributed by atoms with Crippen molar-refractivity contribution in [3.05, 3.63) is 12.7 Å². The highest BCUT2D eigenvalue weighted by atomic mass is 15.3. The molecule has 2 aliphatic rings. The second kappa shape index (κ2) is 9.01. The number of hydrogen-bond donors (Lipinski definition) is 1. The number of aromatic nitrogens is 3. The number of aliphatic imine (C=N–C) groups is 1. The van der Waals surface area contributed by atoms with Crippen LogP contribution in [0.15, 0.2) is 17.6 Å². The number of nitrogens with one attached hydrogen (secondary N) is 1. The molecule has 1 N–H and O–H groups in total. The molecule has 3 heterocycles. The summed E-state index contributed by atoms with van der Waals surface area (Å²) >= 11 is 0. The molecule has 0 aromatic carbocycles. The molecule has 1 atom stereocenters. The molecule has 0 bridgehead atoms. The van der Waals surface area contributed by atoms with Gasteiger partial charge < -0.3 is 14.8 Å². The van der Waals surface area contributed by atoms with E-state index in [9.17, 15) is 0 Å². The Labute approximate surface area is 145 Å². The van der Waals surface area contributed by atoms with E-state index < -0.39 is 0 Å². The minimum absolute atomic E-state index is 0.727. The Morgan fingerprint density at radius 2 is 1.96 bits per heavy atom. The molecule has 0 spiro atoms. The fourth-order valence-electron chi connectivity index (χ4n) is 3.69. The molecular weight excluding hydrogens is 302 g/mol. The van der Waals surface area contributed by atoms with Gasteiger partial charge in [-0.2, -0.15) is 0 Å². The Hall–Kier alpha value is -1.63. The second-order valence-electron chi connectivity index (χ2n) is 6.77. The zero-order chi connectivity index (χ0) is 16.6. The van der Waals surface area contributed by atoms with Gasteiger partial charge in [0.2, 0.25) is 0 Å². The van der Waals surface area contributed by atoms with E-state index in [4.69, 9.17) is 4.99 Å². The Kier molecular flexibility index (Phi) is 6.46. The highest BCUT2D eigenvalue weighted by molar-refractivity contribution is 5.80. The predicted molar refractivity (Wildman–Crippen MR) is 96.0 cm³/mol. The maximum atomic E-state index is 4.85. The minimum atomic E-state index is 0.727. The van der Waals surface area contributed by atoms with Crippen LogP contribution in [0.1, 0.15) is 39.0 Å². The largest absolute Gasteiger partial charge is 0.357 e. The van der Waals surface area contributed by atoms with Gasteiger partial charge in [0.15, 0.2) is 5.96 Å². The van der Waals surface area contributed by atoms with Crippen LogP contribution < -0.4 is 5.32 Å². The molecule has 1 unspecified atom stereocenters. The van der Waals surface area contributed by atoms with Gasteiger partial charge in [-0.1, -0.05) is 0 Å². The lowest BCUT2D eigenvalue weighted by atomic mass is 10.2. The van der Waals surface area contributed by atoms with Gasteiger partial charge in [-0.05, 0) is 52.1 Å². The SMILES string of the molecule is CCNC(=NCCCCn1cnnc1)N1CCC(N2CCCC2)C1. The number of nitrogens with zero attached hydrogens (tertiary/aromatic N) is 6. The summed E-state index contributed by atoms with van der Waals surface area (Å²) in [5, 5.41) is 11.1. The van der Waals surface area contributed by atoms with Crippen molar-refractivity contribution in [1.29, 1.82) is 0 Å². The van der Waals surface area contributed by atoms with Crippen LogP contribution in [0.25, 0.3) is 0 Å². The molecule has 3 rings (SSSR count). The molecule has 1 aromatic rings. The third-order valence-electron chi connectivity index (χ3n) is 5.01. The molecule has 0 amide bonds. The molecule has 0 saturated carbocycles. The van der Waals surface area contributed by atoms with E-state index in [1.54, 1.807) is 12.7 Å². The zero-order valence-corrected chi connectivity index (χ0v) is 14.9. The van der Waals surface area contributed by atoms with E-state index in [1.807, 2.05) is 4.57 Å². The molecular formula is C17H31N7. The maximum absolute atomic E-state index is 4.85. The van der Waals surface area contributed by atoms with E-state index in [0.29, 0.717) is 0 Å². The summed E-state index contributed by atoms with van der Waals surface area (Å²) < 4.78 is 2.02. The van der Waals surface area contributed by atoms with E-state index in [0.717, 1.165) is 57.6 Å². The van der Waals surface area contributed by atoms with Crippen molar-refractivity contribution in [2.24, 2.45) is 4.99 Å². The second-order valence-corrected chi connectivity index (χ2v) is 6.77. The van der Waals surface area contributed by atoms with Crippen molar-refractivity contribution < 1.29 is 0 Å². The van der Waals surface area contributed by atoms with Crippen LogP contribution in [0.5, 0.6) is 0 Å². The number of rotatable bonds is 7. The molecule has 7 heteroatoms. The van der Waals surface area contributed by atoms with Crippen molar-refractivity contribution in [3.63, 3.8) is 0 Å². The molecule has 0 aliphatic carbocycles. The van der Waals surface area contributed by atoms with E-state index in [2.05, 4.69) is 32.2 Å². The van der Waals surface area contributed by atoms with Gasteiger partial charge in [0.05, 0.1) is 0 Å². The van der Waals surface area contributed by atoms with Crippen LogP contribution in [-0.4, -0.2) is 75.8 Å². The van der Waals surface area contributed by atoms with Gasteiger partial charge >= 0.3 is 0 Å². The van der Waals surface area contributed by atoms with Crippen molar-refractivity contribution in [2.75, 3.05) is 39.3 Å². The number of likely N-dealkylation sites (tertiary alicyclic amines) is 2. The molecule has 2 fully saturated rings. The minimum Gasteiger partial charge on any atom is -0.357 e. The molecule has 1 aromatic heterocycles. The van der Waals surface area contributed by atoms with Crippen molar-refractivity contribution >= 4 is 5.96 Å². The van der Waals surface area contributed by atoms with Crippen molar-refractivity contribution in [3.8, 4) is 0 Å². The quantitative estimate of drug-likeness (QED) is 0.461. The van der Waals surface area contributed by atoms with Gasteiger partial charge in [-0.25, -0.2) is 0 Å². The van der Waals surface area contributed by atoms with Crippen LogP contribution >= 0.6 is 0 Å². The first kappa shape index (κ1) is 17.2. The van der Waals surface area contributed by atoms with Crippen LogP contribution in [0.4, 0.5) is 0 Å². The van der Waals surface area contributed by atoms with Crippen LogP contribution in [0.2, 0.25) is 0 Å². The Bertz CT molecular complexity index is 493. The summed E-state index contributed by atoms with van der Waals surface area (Å²) in [4.78, 5) is 9.97. The van der Waals surface area contributed by atoms with E-state index >= 15 is 0 Å². The maximum Gasteiger partial charge on any atom is 0.193 e. The summed E-state index contributed by atoms with van der Waals surface area (Å²) in [6.07, 6.45) is 9.77. The predicted octanol–water partition coefficient (Wildman–Crippen LogP) is 1.19. The Morgan fingerprint density at radius 1 is 1.17 bits per heavy atom. The zero-order valence-electron chi connectivity index (χ0n) is 14.9. The lowest BCUT2D eigenvalue weighted by Gasteiger charge is -2.25. The molecule has 2 aliphatic heterocycles. The topological polar surface area (TPSA) is 61.6 Å². The number of unbranched alkanes of at least 4 members (excludes halogenated alkanes) is 1. The molecule has 24 heavy (non-hydrogen) atoms. The fraction of sp³-hybridized carbons (Fsp3) is 0.824. The first-order valence-electron chi connectivity index (χ1n) is 9.46. The van der Waals surface area contributed by atoms with Crippen molar-refractivity contribution in [1.82, 2.24) is 29.9 Å². The average molecular weight is 333 g/mol. The summed E-state index contributed by atoms with van der Waals surface area (Å²) in [7, 11) is 0. The van der Waals surface area contributed by atoms with Gasteiger partial charge in [-0.15, -0.1) is 10.2 Å². The number of aryl methyl sites for hydroxylation is 1. The Balaban J connectivity index is 1.43. The van der Waals surface area contributed by atoms with Crippen LogP contribution in [-0.2, 0) is 6.54 Å². The van der Waals surface area contributed by atoms with Gasteiger partial charge in [-0.3, -0.25) is 9.89 Å². The molecule has 2 saturated heterocycles. The summed E-state index contributed by atoms with van der Waals surface area (Å²) in [5.41, 5.74) is 0. The number of hydrogen-bond acceptors (Lipinski definition) is 4. The standard InChI is InChI=1S/C17H31N7/c1-2-18-17(19-8-3-4-9-22-14-20-21-15-22)24-12-7-16(13-24)23-10-5-6-11-23/h14-16H,2-13H2,1H3,(H,18,19). The highest BCUT2D eigenvalue weighted by Crippen LogP contribution is 2.20. The lowest BCUT2D eigenvalue weighted by molar-refractivity contribution is 0.249. The molecule has 0 radical (unpaired) electrons. The van der Waals surface area contributed by atoms with Gasteiger partial charge in [0.25, 0.3) is 0 Å². The summed E-state index contributed by atoms with van der Waals surface area (Å²) in [6, 6.07) is 0.727. The molecule has 134 valence electrons. The normalized spacial score (nSPS) is 22.5. The van der Waals surface area contributed by atoms with Gasteiger partial charge in [0.1, 0.15) is 12.7 Å². The first-order valence-corrected chi connectivity index (χ1v) is 9.46. The molecule has 7 nitrogen and oxygen atoms in total. The number of guanidine groups is 1. The van der Waals surface area contributed by atoms with Gasteiger partial charge in [0, 0.05) is 38.8 Å². The first-order chi connectivity index (χ1) is 11.9. The monoisotopic (exact) mass is 333 g/mol. The summed E-state index contributed by atoms with van der Waals surface area (Å²) in [6.45, 7) is 9.78. The van der Waals surface area contributed by atoms with Crippen LogP contribution in [0, 0.1) is 0 Å². The highest BCUT2D eigenvalue weighted by Gasteiger charge is 2.30. The third-order valence-corrected chi connectivity index (χ3v) is 5.01. The third kappa shape index (κ3) is 4.69. The van der Waals surface area contributed by atoms with E-state index in [1.165, 1.54) is 32.4 Å². The fourth-order valence-corrected chi connectivity index (χ4v) is 3.69. The van der Waals surface area contributed by atoms with E-state index in [-0.39, 0.29) is 0 Å². The smallest absolute Gasteiger partial charge is 0.193 e. The van der Waals surface area contributed by atoms with Crippen molar-refractivity contribution in [2.45, 2.75) is 51.6 Å². The van der Waals surface area contributed by atoms with Crippen LogP contribution in [0.3, 0.4) is 0 Å².